The average Bonchev–Trinajstić information content (AvgIpc) is 2.57. The summed E-state index contributed by atoms with van der Waals surface area (Å²) in [7, 11) is -2.03. The Labute approximate surface area is 164 Å². The highest BCUT2D eigenvalue weighted by molar-refractivity contribution is 7.88. The van der Waals surface area contributed by atoms with E-state index in [-0.39, 0.29) is 12.5 Å². The SMILES string of the molecule is Cc1ccnc(Nc2cc(NCCNC(=O)CN(C)S(C)(=O)=O)nc(C)n2)c1. The van der Waals surface area contributed by atoms with Crippen LogP contribution in [0, 0.1) is 13.8 Å². The van der Waals surface area contributed by atoms with Crippen LogP contribution in [0.2, 0.25) is 0 Å². The molecule has 0 saturated carbocycles. The minimum Gasteiger partial charge on any atom is -0.368 e. The minimum absolute atomic E-state index is 0.219. The molecule has 28 heavy (non-hydrogen) atoms. The van der Waals surface area contributed by atoms with Crippen molar-refractivity contribution >= 4 is 33.4 Å². The van der Waals surface area contributed by atoms with Gasteiger partial charge in [0.25, 0.3) is 0 Å². The monoisotopic (exact) mass is 407 g/mol. The molecule has 0 aliphatic carbocycles. The van der Waals surface area contributed by atoms with Crippen LogP contribution >= 0.6 is 0 Å². The zero-order chi connectivity index (χ0) is 20.7. The molecule has 0 bridgehead atoms. The van der Waals surface area contributed by atoms with E-state index in [0.717, 1.165) is 16.1 Å². The highest BCUT2D eigenvalue weighted by Crippen LogP contribution is 2.16. The molecule has 10 nitrogen and oxygen atoms in total. The van der Waals surface area contributed by atoms with Gasteiger partial charge in [-0.05, 0) is 31.5 Å². The van der Waals surface area contributed by atoms with Gasteiger partial charge in [0.2, 0.25) is 15.9 Å². The number of nitrogens with one attached hydrogen (secondary N) is 3. The number of anilines is 3. The summed E-state index contributed by atoms with van der Waals surface area (Å²) in [5.41, 5.74) is 1.08. The number of carbonyl (C=O) groups is 1. The van der Waals surface area contributed by atoms with Crippen molar-refractivity contribution in [2.45, 2.75) is 13.8 Å². The molecular weight excluding hydrogens is 382 g/mol. The maximum absolute atomic E-state index is 11.8. The fourth-order valence-electron chi connectivity index (χ4n) is 2.23. The van der Waals surface area contributed by atoms with Crippen LogP contribution in [0.4, 0.5) is 17.5 Å². The molecule has 2 aromatic rings. The normalized spacial score (nSPS) is 11.3. The zero-order valence-electron chi connectivity index (χ0n) is 16.4. The van der Waals surface area contributed by atoms with E-state index in [2.05, 4.69) is 30.9 Å². The molecule has 11 heteroatoms. The van der Waals surface area contributed by atoms with Crippen molar-refractivity contribution in [3.05, 3.63) is 35.8 Å². The largest absolute Gasteiger partial charge is 0.368 e. The summed E-state index contributed by atoms with van der Waals surface area (Å²) < 4.78 is 23.6. The average molecular weight is 408 g/mol. The molecule has 2 aromatic heterocycles. The third-order valence-corrected chi connectivity index (χ3v) is 4.96. The first-order valence-corrected chi connectivity index (χ1v) is 10.5. The Hall–Kier alpha value is -2.79. The van der Waals surface area contributed by atoms with Gasteiger partial charge in [0.15, 0.2) is 0 Å². The second-order valence-electron chi connectivity index (χ2n) is 6.32. The first-order chi connectivity index (χ1) is 13.1. The fraction of sp³-hybridized carbons (Fsp3) is 0.412. The standard InChI is InChI=1S/C17H25N7O3S/c1-12-5-6-18-14(9-12)23-16-10-15(21-13(2)22-16)19-7-8-20-17(25)11-24(3)28(4,26)27/h5-6,9-10H,7-8,11H2,1-4H3,(H,20,25)(H2,18,19,21,22,23). The maximum Gasteiger partial charge on any atom is 0.235 e. The van der Waals surface area contributed by atoms with Gasteiger partial charge < -0.3 is 16.0 Å². The zero-order valence-corrected chi connectivity index (χ0v) is 17.2. The molecule has 0 radical (unpaired) electrons. The third kappa shape index (κ3) is 7.08. The van der Waals surface area contributed by atoms with Crippen molar-refractivity contribution in [1.82, 2.24) is 24.6 Å². The Morgan fingerprint density at radius 2 is 1.82 bits per heavy atom. The molecule has 0 aliphatic rings. The smallest absolute Gasteiger partial charge is 0.235 e. The van der Waals surface area contributed by atoms with Crippen molar-refractivity contribution in [3.63, 3.8) is 0 Å². The Morgan fingerprint density at radius 1 is 1.11 bits per heavy atom. The van der Waals surface area contributed by atoms with Gasteiger partial charge in [0.1, 0.15) is 23.3 Å². The second-order valence-corrected chi connectivity index (χ2v) is 8.41. The number of hydrogen-bond acceptors (Lipinski definition) is 8. The van der Waals surface area contributed by atoms with E-state index >= 15 is 0 Å². The molecule has 0 unspecified atom stereocenters. The summed E-state index contributed by atoms with van der Waals surface area (Å²) in [6, 6.07) is 5.56. The third-order valence-electron chi connectivity index (χ3n) is 3.70. The molecule has 0 aliphatic heterocycles. The number of aryl methyl sites for hydroxylation is 2. The topological polar surface area (TPSA) is 129 Å². The second kappa shape index (κ2) is 9.42. The maximum atomic E-state index is 11.8. The lowest BCUT2D eigenvalue weighted by Crippen LogP contribution is -2.39. The van der Waals surface area contributed by atoms with E-state index in [1.807, 2.05) is 19.1 Å². The van der Waals surface area contributed by atoms with E-state index < -0.39 is 10.0 Å². The van der Waals surface area contributed by atoms with Crippen LogP contribution in [0.3, 0.4) is 0 Å². The Bertz CT molecular complexity index is 934. The number of aromatic nitrogens is 3. The highest BCUT2D eigenvalue weighted by atomic mass is 32.2. The Balaban J connectivity index is 1.86. The molecule has 0 aromatic carbocycles. The van der Waals surface area contributed by atoms with E-state index in [4.69, 9.17) is 0 Å². The van der Waals surface area contributed by atoms with Crippen LogP contribution in [-0.2, 0) is 14.8 Å². The van der Waals surface area contributed by atoms with E-state index in [0.29, 0.717) is 36.4 Å². The molecule has 0 fully saturated rings. The van der Waals surface area contributed by atoms with Gasteiger partial charge in [0.05, 0.1) is 12.8 Å². The van der Waals surface area contributed by atoms with Crippen LogP contribution in [0.1, 0.15) is 11.4 Å². The molecule has 0 atom stereocenters. The van der Waals surface area contributed by atoms with Crippen molar-refractivity contribution in [3.8, 4) is 0 Å². The van der Waals surface area contributed by atoms with Crippen LogP contribution in [0.25, 0.3) is 0 Å². The van der Waals surface area contributed by atoms with Crippen molar-refractivity contribution < 1.29 is 13.2 Å². The Kier molecular flexibility index (Phi) is 7.24. The predicted molar refractivity (Wildman–Crippen MR) is 108 cm³/mol. The lowest BCUT2D eigenvalue weighted by Gasteiger charge is -2.14. The summed E-state index contributed by atoms with van der Waals surface area (Å²) in [4.78, 5) is 24.7. The molecule has 3 N–H and O–H groups in total. The number of nitrogens with zero attached hydrogens (tertiary/aromatic N) is 4. The molecule has 2 rings (SSSR count). The van der Waals surface area contributed by atoms with Gasteiger partial charge in [-0.2, -0.15) is 4.31 Å². The summed E-state index contributed by atoms with van der Waals surface area (Å²) >= 11 is 0. The molecule has 0 spiro atoms. The van der Waals surface area contributed by atoms with Crippen molar-refractivity contribution in [2.24, 2.45) is 0 Å². The van der Waals surface area contributed by atoms with E-state index in [1.54, 1.807) is 19.2 Å². The first kappa shape index (κ1) is 21.5. The number of rotatable bonds is 9. The van der Waals surface area contributed by atoms with Gasteiger partial charge >= 0.3 is 0 Å². The van der Waals surface area contributed by atoms with E-state index in [9.17, 15) is 13.2 Å². The summed E-state index contributed by atoms with van der Waals surface area (Å²) in [5, 5.41) is 8.89. The number of amides is 1. The lowest BCUT2D eigenvalue weighted by atomic mass is 10.3. The van der Waals surface area contributed by atoms with Crippen LogP contribution in [0.15, 0.2) is 24.4 Å². The van der Waals surface area contributed by atoms with Gasteiger partial charge in [-0.15, -0.1) is 0 Å². The number of carbonyl (C=O) groups excluding carboxylic acids is 1. The first-order valence-electron chi connectivity index (χ1n) is 8.61. The summed E-state index contributed by atoms with van der Waals surface area (Å²) in [6.07, 6.45) is 2.77. The molecule has 2 heterocycles. The number of sulfonamides is 1. The van der Waals surface area contributed by atoms with Crippen LogP contribution < -0.4 is 16.0 Å². The highest BCUT2D eigenvalue weighted by Gasteiger charge is 2.14. The molecule has 0 saturated heterocycles. The lowest BCUT2D eigenvalue weighted by molar-refractivity contribution is -0.121. The van der Waals surface area contributed by atoms with Crippen LogP contribution in [0.5, 0.6) is 0 Å². The summed E-state index contributed by atoms with van der Waals surface area (Å²) in [5.74, 6) is 2.10. The van der Waals surface area contributed by atoms with Crippen molar-refractivity contribution in [1.29, 1.82) is 0 Å². The van der Waals surface area contributed by atoms with Gasteiger partial charge in [-0.25, -0.2) is 23.4 Å². The summed E-state index contributed by atoms with van der Waals surface area (Å²) in [6.45, 7) is 4.29. The predicted octanol–water partition coefficient (Wildman–Crippen LogP) is 0.652. The van der Waals surface area contributed by atoms with Gasteiger partial charge in [0, 0.05) is 32.4 Å². The minimum atomic E-state index is -3.38. The Morgan fingerprint density at radius 3 is 2.50 bits per heavy atom. The van der Waals surface area contributed by atoms with E-state index in [1.165, 1.54) is 7.05 Å². The van der Waals surface area contributed by atoms with Crippen LogP contribution in [-0.4, -0.2) is 66.5 Å². The number of likely N-dealkylation sites (N-methyl/N-ethyl adjacent to an activating group) is 1. The molecule has 152 valence electrons. The van der Waals surface area contributed by atoms with Gasteiger partial charge in [-0.3, -0.25) is 4.79 Å². The number of hydrogen-bond donors (Lipinski definition) is 3. The fourth-order valence-corrected chi connectivity index (χ4v) is 2.58. The number of pyridine rings is 1. The van der Waals surface area contributed by atoms with Gasteiger partial charge in [-0.1, -0.05) is 0 Å². The quantitative estimate of drug-likeness (QED) is 0.517. The molecular formula is C17H25N7O3S. The van der Waals surface area contributed by atoms with Crippen molar-refractivity contribution in [2.75, 3.05) is 43.6 Å². The molecule has 1 amide bonds.